The van der Waals surface area contributed by atoms with Crippen molar-refractivity contribution in [2.24, 2.45) is 0 Å². The first-order valence-corrected chi connectivity index (χ1v) is 11.7. The Balaban J connectivity index is 1.97. The van der Waals surface area contributed by atoms with E-state index in [1.807, 2.05) is 42.5 Å². The molecule has 0 saturated carbocycles. The molecule has 32 heavy (non-hydrogen) atoms. The highest BCUT2D eigenvalue weighted by Gasteiger charge is 2.25. The van der Waals surface area contributed by atoms with Crippen LogP contribution in [0.25, 0.3) is 0 Å². The topological polar surface area (TPSA) is 61.2 Å². The van der Waals surface area contributed by atoms with E-state index in [2.05, 4.69) is 44.9 Å². The summed E-state index contributed by atoms with van der Waals surface area (Å²) in [5, 5.41) is 12.3. The lowest BCUT2D eigenvalue weighted by Crippen LogP contribution is -2.43. The maximum absolute atomic E-state index is 12.8. The number of halogens is 1. The monoisotopic (exact) mass is 498 g/mol. The van der Waals surface area contributed by atoms with Crippen LogP contribution in [0.3, 0.4) is 0 Å². The molecule has 0 saturated heterocycles. The van der Waals surface area contributed by atoms with Gasteiger partial charge in [-0.05, 0) is 29.7 Å². The molecule has 1 atom stereocenters. The Bertz CT molecular complexity index is 1050. The molecule has 3 aromatic rings. The Morgan fingerprint density at radius 1 is 1.06 bits per heavy atom. The maximum Gasteiger partial charge on any atom is 0.253 e. The fourth-order valence-corrected chi connectivity index (χ4v) is 4.05. The second-order valence-corrected chi connectivity index (χ2v) is 9.45. The van der Waals surface area contributed by atoms with Crippen LogP contribution in [0.4, 0.5) is 0 Å². The molecule has 3 rings (SSSR count). The molecule has 2 aromatic carbocycles. The molecular weight excluding hydrogens is 468 g/mol. The van der Waals surface area contributed by atoms with Crippen molar-refractivity contribution >= 4 is 15.9 Å². The van der Waals surface area contributed by atoms with Gasteiger partial charge < -0.3 is 9.85 Å². The molecule has 0 aliphatic heterocycles. The number of aromatic nitrogens is 2. The predicted molar refractivity (Wildman–Crippen MR) is 132 cm³/mol. The van der Waals surface area contributed by atoms with Crippen LogP contribution < -0.4 is 5.56 Å². The molecule has 6 nitrogen and oxygen atoms in total. The average molecular weight is 499 g/mol. The van der Waals surface area contributed by atoms with Crippen molar-refractivity contribution < 1.29 is 4.65 Å². The van der Waals surface area contributed by atoms with Crippen LogP contribution in [0.2, 0.25) is 0 Å². The van der Waals surface area contributed by atoms with Crippen molar-refractivity contribution in [1.29, 1.82) is 0 Å². The molecule has 0 aliphatic rings. The lowest BCUT2D eigenvalue weighted by atomic mass is 10.1. The van der Waals surface area contributed by atoms with Gasteiger partial charge in [0.2, 0.25) is 0 Å². The Labute approximate surface area is 198 Å². The van der Waals surface area contributed by atoms with Crippen LogP contribution in [0, 0.1) is 5.21 Å². The van der Waals surface area contributed by atoms with Gasteiger partial charge in [0, 0.05) is 29.8 Å². The van der Waals surface area contributed by atoms with Crippen molar-refractivity contribution in [2.45, 2.75) is 32.5 Å². The van der Waals surface area contributed by atoms with Crippen molar-refractivity contribution in [2.75, 3.05) is 27.2 Å². The normalized spacial score (nSPS) is 12.8. The summed E-state index contributed by atoms with van der Waals surface area (Å²) in [5.41, 5.74) is 2.13. The van der Waals surface area contributed by atoms with Crippen LogP contribution >= 0.6 is 15.9 Å². The molecule has 0 N–H and O–H groups in total. The highest BCUT2D eigenvalue weighted by atomic mass is 79.9. The number of benzene rings is 2. The highest BCUT2D eigenvalue weighted by molar-refractivity contribution is 9.10. The van der Waals surface area contributed by atoms with Gasteiger partial charge in [-0.25, -0.2) is 4.98 Å². The molecule has 0 spiro atoms. The Morgan fingerprint density at radius 2 is 1.75 bits per heavy atom. The molecule has 1 aromatic heterocycles. The summed E-state index contributed by atoms with van der Waals surface area (Å²) in [6, 6.07) is 19.6. The maximum atomic E-state index is 12.8. The van der Waals surface area contributed by atoms with E-state index >= 15 is 0 Å². The van der Waals surface area contributed by atoms with Gasteiger partial charge in [0.1, 0.15) is 5.82 Å². The summed E-state index contributed by atoms with van der Waals surface area (Å²) >= 11 is 3.49. The van der Waals surface area contributed by atoms with Crippen LogP contribution in [-0.4, -0.2) is 46.3 Å². The van der Waals surface area contributed by atoms with Gasteiger partial charge in [-0.1, -0.05) is 65.3 Å². The Hall–Kier alpha value is -2.32. The number of nitrogens with zero attached hydrogens (tertiary/aromatic N) is 4. The molecule has 0 fully saturated rings. The summed E-state index contributed by atoms with van der Waals surface area (Å²) in [4.78, 5) is 19.8. The summed E-state index contributed by atoms with van der Waals surface area (Å²) in [7, 11) is 3.32. The van der Waals surface area contributed by atoms with Crippen molar-refractivity contribution in [1.82, 2.24) is 14.5 Å². The van der Waals surface area contributed by atoms with Crippen molar-refractivity contribution in [3.05, 3.63) is 104 Å². The number of hydrogen-bond donors (Lipinski definition) is 0. The SMILES string of the molecule is CCC(c1nccc(=O)n1Cc1ccccc1)N(CC[N+](C)(C)[O-])Cc1ccc(Br)cc1. The smallest absolute Gasteiger partial charge is 0.253 e. The lowest BCUT2D eigenvalue weighted by molar-refractivity contribution is -0.839. The minimum atomic E-state index is -0.369. The first kappa shape index (κ1) is 24.3. The number of quaternary nitrogens is 1. The number of rotatable bonds is 10. The lowest BCUT2D eigenvalue weighted by Gasteiger charge is -2.38. The third-order valence-corrected chi connectivity index (χ3v) is 6.03. The van der Waals surface area contributed by atoms with E-state index in [1.54, 1.807) is 24.9 Å². The Kier molecular flexibility index (Phi) is 8.37. The van der Waals surface area contributed by atoms with Gasteiger partial charge in [-0.15, -0.1) is 0 Å². The van der Waals surface area contributed by atoms with E-state index in [-0.39, 0.29) is 16.2 Å². The molecule has 7 heteroatoms. The van der Waals surface area contributed by atoms with E-state index in [9.17, 15) is 10.0 Å². The zero-order valence-electron chi connectivity index (χ0n) is 18.9. The summed E-state index contributed by atoms with van der Waals surface area (Å²) in [6.07, 6.45) is 2.36. The summed E-state index contributed by atoms with van der Waals surface area (Å²) < 4.78 is 2.42. The van der Waals surface area contributed by atoms with E-state index in [1.165, 1.54) is 6.07 Å². The number of likely N-dealkylation sites (N-methyl/N-ethyl adjacent to an activating group) is 1. The molecule has 0 amide bonds. The van der Waals surface area contributed by atoms with Gasteiger partial charge in [-0.2, -0.15) is 0 Å². The highest BCUT2D eigenvalue weighted by Crippen LogP contribution is 2.25. The number of hydroxylamine groups is 3. The second-order valence-electron chi connectivity index (χ2n) is 8.53. The molecule has 1 unspecified atom stereocenters. The molecule has 170 valence electrons. The molecule has 0 radical (unpaired) electrons. The standard InChI is InChI=1S/C25H31BrN4O2/c1-4-23(25-27-15-14-24(31)29(25)19-20-8-6-5-7-9-20)28(16-17-30(2,3)32)18-21-10-12-22(26)13-11-21/h5-15,23H,4,16-19H2,1-3H3. The van der Waals surface area contributed by atoms with Crippen LogP contribution in [-0.2, 0) is 13.1 Å². The molecular formula is C25H31BrN4O2. The van der Waals surface area contributed by atoms with Crippen LogP contribution in [0.15, 0.2) is 76.1 Å². The van der Waals surface area contributed by atoms with Gasteiger partial charge in [-0.3, -0.25) is 14.3 Å². The first-order chi connectivity index (χ1) is 15.3. The second kappa shape index (κ2) is 11.0. The molecule has 0 bridgehead atoms. The minimum absolute atomic E-state index is 0.0687. The van der Waals surface area contributed by atoms with E-state index < -0.39 is 0 Å². The fourth-order valence-electron chi connectivity index (χ4n) is 3.78. The van der Waals surface area contributed by atoms with Gasteiger partial charge in [0.05, 0.1) is 33.2 Å². The number of hydrogen-bond acceptors (Lipinski definition) is 4. The minimum Gasteiger partial charge on any atom is -0.633 e. The van der Waals surface area contributed by atoms with Crippen LogP contribution in [0.1, 0.15) is 36.3 Å². The third-order valence-electron chi connectivity index (χ3n) is 5.50. The van der Waals surface area contributed by atoms with Crippen molar-refractivity contribution in [3.8, 4) is 0 Å². The van der Waals surface area contributed by atoms with E-state index in [0.29, 0.717) is 26.2 Å². The summed E-state index contributed by atoms with van der Waals surface area (Å²) in [5.74, 6) is 0.733. The van der Waals surface area contributed by atoms with Gasteiger partial charge >= 0.3 is 0 Å². The quantitative estimate of drug-likeness (QED) is 0.303. The predicted octanol–water partition coefficient (Wildman–Crippen LogP) is 4.58. The van der Waals surface area contributed by atoms with Gasteiger partial charge in [0.25, 0.3) is 5.56 Å². The molecule has 1 heterocycles. The molecule has 0 aliphatic carbocycles. The summed E-state index contributed by atoms with van der Waals surface area (Å²) in [6.45, 7) is 4.28. The fraction of sp³-hybridized carbons (Fsp3) is 0.360. The van der Waals surface area contributed by atoms with Gasteiger partial charge in [0.15, 0.2) is 0 Å². The van der Waals surface area contributed by atoms with Crippen LogP contribution in [0.5, 0.6) is 0 Å². The average Bonchev–Trinajstić information content (AvgIpc) is 2.76. The largest absolute Gasteiger partial charge is 0.633 e. The zero-order chi connectivity index (χ0) is 23.1. The third kappa shape index (κ3) is 6.84. The van der Waals surface area contributed by atoms with Crippen molar-refractivity contribution in [3.63, 3.8) is 0 Å². The first-order valence-electron chi connectivity index (χ1n) is 10.9. The Morgan fingerprint density at radius 3 is 2.38 bits per heavy atom. The zero-order valence-corrected chi connectivity index (χ0v) is 20.5. The van der Waals surface area contributed by atoms with E-state index in [0.717, 1.165) is 27.8 Å². The van der Waals surface area contributed by atoms with E-state index in [4.69, 9.17) is 0 Å².